The molecule has 0 unspecified atom stereocenters. The monoisotopic (exact) mass is 144 g/mol. The first-order valence-electron chi connectivity index (χ1n) is 2.50. The minimum absolute atomic E-state index is 0.321. The summed E-state index contributed by atoms with van der Waals surface area (Å²) in [7, 11) is 0. The summed E-state index contributed by atoms with van der Waals surface area (Å²) >= 11 is 1.39. The zero-order valence-electron chi connectivity index (χ0n) is 4.96. The van der Waals surface area contributed by atoms with Crippen LogP contribution in [0.4, 0.5) is 0 Å². The molecule has 9 heavy (non-hydrogen) atoms. The van der Waals surface area contributed by atoms with Crippen LogP contribution in [0.15, 0.2) is 0 Å². The van der Waals surface area contributed by atoms with Gasteiger partial charge in [-0.3, -0.25) is 4.79 Å². The van der Waals surface area contributed by atoms with Crippen LogP contribution in [0.2, 0.25) is 0 Å². The van der Waals surface area contributed by atoms with Crippen LogP contribution < -0.4 is 5.73 Å². The van der Waals surface area contributed by atoms with E-state index in [1.54, 1.807) is 0 Å². The Balaban J connectivity index is 2.94. The van der Waals surface area contributed by atoms with E-state index in [0.29, 0.717) is 17.9 Å². The van der Waals surface area contributed by atoms with Gasteiger partial charge in [0.15, 0.2) is 0 Å². The first kappa shape index (κ1) is 8.31. The topological polar surface area (TPSA) is 66.9 Å². The van der Waals surface area contributed by atoms with Gasteiger partial charge in [-0.15, -0.1) is 0 Å². The third kappa shape index (κ3) is 7.31. The summed E-state index contributed by atoms with van der Waals surface area (Å²) in [5.41, 5.74) is 4.83. The largest absolute Gasteiger partial charge is 0.369 e. The smallest absolute Gasteiger partial charge is 0.227 e. The van der Waals surface area contributed by atoms with Crippen molar-refractivity contribution in [1.82, 2.24) is 0 Å². The van der Waals surface area contributed by atoms with E-state index in [0.717, 1.165) is 0 Å². The first-order valence-corrected chi connectivity index (χ1v) is 3.66. The highest BCUT2D eigenvalue weighted by atomic mass is 32.2. The van der Waals surface area contributed by atoms with Gasteiger partial charge in [-0.1, -0.05) is 0 Å². The lowest BCUT2D eigenvalue weighted by Gasteiger charge is -1.90. The third-order valence-electron chi connectivity index (χ3n) is 0.603. The van der Waals surface area contributed by atoms with Gasteiger partial charge in [0.05, 0.1) is 11.8 Å². The lowest BCUT2D eigenvalue weighted by Crippen LogP contribution is -2.13. The van der Waals surface area contributed by atoms with Crippen molar-refractivity contribution < 1.29 is 4.79 Å². The molecule has 0 heterocycles. The first-order chi connectivity index (χ1) is 4.27. The van der Waals surface area contributed by atoms with Crippen molar-refractivity contribution in [3.05, 3.63) is 0 Å². The molecule has 0 atom stereocenters. The van der Waals surface area contributed by atoms with Crippen molar-refractivity contribution in [2.45, 2.75) is 6.42 Å². The highest BCUT2D eigenvalue weighted by Crippen LogP contribution is 1.99. The molecule has 0 radical (unpaired) electrons. The molecule has 0 aromatic rings. The SMILES string of the molecule is N#CCCSCC(N)=O. The maximum Gasteiger partial charge on any atom is 0.227 e. The standard InChI is InChI=1S/C5H8N2OS/c6-2-1-3-9-4-5(7)8/h1,3-4H2,(H2,7,8). The predicted molar refractivity (Wildman–Crippen MR) is 36.7 cm³/mol. The second-order valence-electron chi connectivity index (χ2n) is 1.43. The van der Waals surface area contributed by atoms with Gasteiger partial charge in [0, 0.05) is 12.2 Å². The van der Waals surface area contributed by atoms with Crippen molar-refractivity contribution in [3.8, 4) is 6.07 Å². The number of nitrogens with zero attached hydrogens (tertiary/aromatic N) is 1. The van der Waals surface area contributed by atoms with Crippen LogP contribution in [-0.2, 0) is 4.79 Å². The predicted octanol–water partition coefficient (Wildman–Crippen LogP) is 0.119. The van der Waals surface area contributed by atoms with E-state index in [1.807, 2.05) is 6.07 Å². The molecule has 1 amide bonds. The van der Waals surface area contributed by atoms with E-state index in [-0.39, 0.29) is 5.91 Å². The van der Waals surface area contributed by atoms with E-state index in [2.05, 4.69) is 0 Å². The van der Waals surface area contributed by atoms with Crippen molar-refractivity contribution in [3.63, 3.8) is 0 Å². The lowest BCUT2D eigenvalue weighted by atomic mass is 10.6. The number of hydrogen-bond donors (Lipinski definition) is 1. The van der Waals surface area contributed by atoms with Crippen molar-refractivity contribution in [1.29, 1.82) is 5.26 Å². The maximum atomic E-state index is 10.1. The molecule has 0 aromatic heterocycles. The second kappa shape index (κ2) is 5.45. The quantitative estimate of drug-likeness (QED) is 0.570. The Morgan fingerprint density at radius 2 is 2.44 bits per heavy atom. The molecule has 0 aliphatic carbocycles. The minimum atomic E-state index is -0.321. The number of amides is 1. The maximum absolute atomic E-state index is 10.1. The Morgan fingerprint density at radius 3 is 2.89 bits per heavy atom. The Labute approximate surface area is 58.2 Å². The summed E-state index contributed by atoms with van der Waals surface area (Å²) in [6.07, 6.45) is 0.484. The summed E-state index contributed by atoms with van der Waals surface area (Å²) in [5, 5.41) is 8.05. The highest BCUT2D eigenvalue weighted by Gasteiger charge is 1.92. The Morgan fingerprint density at radius 1 is 1.78 bits per heavy atom. The number of nitrogens with two attached hydrogens (primary N) is 1. The molecule has 0 rings (SSSR count). The van der Waals surface area contributed by atoms with E-state index < -0.39 is 0 Å². The summed E-state index contributed by atoms with van der Waals surface area (Å²) in [6, 6.07) is 1.97. The van der Waals surface area contributed by atoms with Crippen LogP contribution in [0.25, 0.3) is 0 Å². The average molecular weight is 144 g/mol. The fraction of sp³-hybridized carbons (Fsp3) is 0.600. The fourth-order valence-electron chi connectivity index (χ4n) is 0.291. The molecule has 0 aromatic carbocycles. The number of primary amides is 1. The molecule has 0 aliphatic heterocycles. The fourth-order valence-corrected chi connectivity index (χ4v) is 0.872. The van der Waals surface area contributed by atoms with Gasteiger partial charge >= 0.3 is 0 Å². The lowest BCUT2D eigenvalue weighted by molar-refractivity contribution is -0.115. The average Bonchev–Trinajstić information content (AvgIpc) is 1.80. The van der Waals surface area contributed by atoms with Gasteiger partial charge in [-0.2, -0.15) is 17.0 Å². The van der Waals surface area contributed by atoms with Gasteiger partial charge in [0.25, 0.3) is 0 Å². The number of rotatable bonds is 4. The van der Waals surface area contributed by atoms with E-state index >= 15 is 0 Å². The molecule has 0 saturated heterocycles. The molecule has 0 aliphatic rings. The van der Waals surface area contributed by atoms with Crippen LogP contribution in [0.3, 0.4) is 0 Å². The van der Waals surface area contributed by atoms with Crippen LogP contribution in [0, 0.1) is 11.3 Å². The van der Waals surface area contributed by atoms with Crippen LogP contribution in [0.1, 0.15) is 6.42 Å². The molecule has 2 N–H and O–H groups in total. The molecule has 0 bridgehead atoms. The number of thioether (sulfide) groups is 1. The van der Waals surface area contributed by atoms with Gasteiger partial charge in [-0.25, -0.2) is 0 Å². The van der Waals surface area contributed by atoms with E-state index in [4.69, 9.17) is 11.0 Å². The molecular formula is C5H8N2OS. The van der Waals surface area contributed by atoms with Gasteiger partial charge in [-0.05, 0) is 0 Å². The normalized spacial score (nSPS) is 8.33. The third-order valence-corrected chi connectivity index (χ3v) is 1.58. The molecular weight excluding hydrogens is 136 g/mol. The Hall–Kier alpha value is -0.690. The van der Waals surface area contributed by atoms with Crippen LogP contribution >= 0.6 is 11.8 Å². The van der Waals surface area contributed by atoms with Crippen LogP contribution in [-0.4, -0.2) is 17.4 Å². The highest BCUT2D eigenvalue weighted by molar-refractivity contribution is 7.99. The molecule has 0 saturated carbocycles. The van der Waals surface area contributed by atoms with Crippen molar-refractivity contribution >= 4 is 17.7 Å². The molecule has 0 fully saturated rings. The van der Waals surface area contributed by atoms with Crippen LogP contribution in [0.5, 0.6) is 0 Å². The number of hydrogen-bond acceptors (Lipinski definition) is 3. The summed E-state index contributed by atoms with van der Waals surface area (Å²) in [4.78, 5) is 10.1. The number of nitriles is 1. The van der Waals surface area contributed by atoms with Crippen molar-refractivity contribution in [2.24, 2.45) is 5.73 Å². The van der Waals surface area contributed by atoms with E-state index in [1.165, 1.54) is 11.8 Å². The van der Waals surface area contributed by atoms with Gasteiger partial charge in [0.2, 0.25) is 5.91 Å². The summed E-state index contributed by atoms with van der Waals surface area (Å²) in [5.74, 6) is 0.694. The van der Waals surface area contributed by atoms with Crippen molar-refractivity contribution in [2.75, 3.05) is 11.5 Å². The summed E-state index contributed by atoms with van der Waals surface area (Å²) < 4.78 is 0. The number of carbonyl (C=O) groups is 1. The van der Waals surface area contributed by atoms with Gasteiger partial charge < -0.3 is 5.73 Å². The van der Waals surface area contributed by atoms with Gasteiger partial charge in [0.1, 0.15) is 0 Å². The molecule has 0 spiro atoms. The molecule has 50 valence electrons. The molecule has 4 heteroatoms. The van der Waals surface area contributed by atoms with E-state index in [9.17, 15) is 4.79 Å². The Bertz CT molecular complexity index is 129. The number of carbonyl (C=O) groups excluding carboxylic acids is 1. The molecule has 3 nitrogen and oxygen atoms in total. The zero-order chi connectivity index (χ0) is 7.11. The summed E-state index contributed by atoms with van der Waals surface area (Å²) in [6.45, 7) is 0. The Kier molecular flexibility index (Phi) is 5.03. The zero-order valence-corrected chi connectivity index (χ0v) is 5.78. The minimum Gasteiger partial charge on any atom is -0.369 e. The second-order valence-corrected chi connectivity index (χ2v) is 2.53.